The second-order valence-corrected chi connectivity index (χ2v) is 8.53. The van der Waals surface area contributed by atoms with Crippen LogP contribution in [0.2, 0.25) is 0 Å². The van der Waals surface area contributed by atoms with Crippen molar-refractivity contribution >= 4 is 39.6 Å². The van der Waals surface area contributed by atoms with Crippen LogP contribution in [0.5, 0.6) is 0 Å². The van der Waals surface area contributed by atoms with Crippen LogP contribution < -0.4 is 10.2 Å². The predicted molar refractivity (Wildman–Crippen MR) is 117 cm³/mol. The molecule has 0 unspecified atom stereocenters. The number of anilines is 1. The minimum atomic E-state index is -0.489. The SMILES string of the molecule is CCOC(=O)c1c(-c2ccc(C)cc2C)csc1NC(=O)c1sc(=O)n(C)c1C. The minimum Gasteiger partial charge on any atom is -0.462 e. The Hall–Kier alpha value is -2.71. The lowest BCUT2D eigenvalue weighted by Crippen LogP contribution is -2.15. The summed E-state index contributed by atoms with van der Waals surface area (Å²) in [6.45, 7) is 7.68. The van der Waals surface area contributed by atoms with E-state index in [9.17, 15) is 14.4 Å². The Kier molecular flexibility index (Phi) is 6.04. The topological polar surface area (TPSA) is 77.4 Å². The van der Waals surface area contributed by atoms with Crippen LogP contribution in [-0.4, -0.2) is 23.1 Å². The average molecular weight is 431 g/mol. The highest BCUT2D eigenvalue weighted by Gasteiger charge is 2.25. The Morgan fingerprint density at radius 2 is 1.90 bits per heavy atom. The van der Waals surface area contributed by atoms with Gasteiger partial charge in [-0.1, -0.05) is 35.1 Å². The predicted octanol–water partition coefficient (Wildman–Crippen LogP) is 4.53. The lowest BCUT2D eigenvalue weighted by molar-refractivity contribution is 0.0529. The minimum absolute atomic E-state index is 0.208. The fraction of sp³-hybridized carbons (Fsp3) is 0.286. The molecule has 6 nitrogen and oxygen atoms in total. The second kappa shape index (κ2) is 8.34. The van der Waals surface area contributed by atoms with Crippen molar-refractivity contribution in [2.75, 3.05) is 11.9 Å². The van der Waals surface area contributed by atoms with Gasteiger partial charge in [0.1, 0.15) is 15.4 Å². The highest BCUT2D eigenvalue weighted by Crippen LogP contribution is 2.38. The number of aryl methyl sites for hydroxylation is 2. The number of nitrogens with zero attached hydrogens (tertiary/aromatic N) is 1. The number of nitrogens with one attached hydrogen (secondary N) is 1. The van der Waals surface area contributed by atoms with Gasteiger partial charge in [-0.25, -0.2) is 4.79 Å². The van der Waals surface area contributed by atoms with Crippen molar-refractivity contribution in [2.45, 2.75) is 27.7 Å². The Morgan fingerprint density at radius 1 is 1.17 bits per heavy atom. The average Bonchev–Trinajstić information content (AvgIpc) is 3.18. The number of ether oxygens (including phenoxy) is 1. The van der Waals surface area contributed by atoms with Crippen molar-refractivity contribution in [2.24, 2.45) is 7.05 Å². The van der Waals surface area contributed by atoms with Gasteiger partial charge in [-0.05, 0) is 38.8 Å². The molecule has 0 atom stereocenters. The Bertz CT molecular complexity index is 1150. The first-order valence-corrected chi connectivity index (χ1v) is 10.8. The summed E-state index contributed by atoms with van der Waals surface area (Å²) in [6.07, 6.45) is 0. The summed E-state index contributed by atoms with van der Waals surface area (Å²) in [5, 5.41) is 5.06. The number of carbonyl (C=O) groups excluding carboxylic acids is 2. The summed E-state index contributed by atoms with van der Waals surface area (Å²) in [5.41, 5.74) is 4.71. The second-order valence-electron chi connectivity index (χ2n) is 6.69. The summed E-state index contributed by atoms with van der Waals surface area (Å²) in [7, 11) is 1.62. The molecule has 3 aromatic rings. The number of thiophene rings is 1. The van der Waals surface area contributed by atoms with Gasteiger partial charge in [-0.3, -0.25) is 9.59 Å². The van der Waals surface area contributed by atoms with Gasteiger partial charge in [0.2, 0.25) is 0 Å². The summed E-state index contributed by atoms with van der Waals surface area (Å²) in [6, 6.07) is 6.00. The van der Waals surface area contributed by atoms with Gasteiger partial charge in [0.25, 0.3) is 5.91 Å². The largest absolute Gasteiger partial charge is 0.462 e. The maximum atomic E-state index is 12.8. The molecule has 3 rings (SSSR count). The van der Waals surface area contributed by atoms with Crippen LogP contribution in [0, 0.1) is 20.8 Å². The molecule has 0 spiro atoms. The molecule has 2 heterocycles. The number of hydrogen-bond acceptors (Lipinski definition) is 6. The van der Waals surface area contributed by atoms with Gasteiger partial charge in [-0.15, -0.1) is 11.3 Å². The standard InChI is InChI=1S/C21H22N2O4S2/c1-6-27-20(25)16-15(14-8-7-11(2)9-12(14)3)10-28-19(16)22-18(24)17-13(4)23(5)21(26)29-17/h7-10H,6H2,1-5H3,(H,22,24). The molecule has 0 aliphatic rings. The van der Waals surface area contributed by atoms with Crippen molar-refractivity contribution in [1.29, 1.82) is 0 Å². The van der Waals surface area contributed by atoms with E-state index >= 15 is 0 Å². The maximum absolute atomic E-state index is 12.8. The van der Waals surface area contributed by atoms with Crippen LogP contribution in [0.3, 0.4) is 0 Å². The molecule has 152 valence electrons. The molecule has 0 aliphatic heterocycles. The molecule has 0 bridgehead atoms. The molecular weight excluding hydrogens is 408 g/mol. The zero-order valence-electron chi connectivity index (χ0n) is 16.9. The molecule has 29 heavy (non-hydrogen) atoms. The summed E-state index contributed by atoms with van der Waals surface area (Å²) in [5.74, 6) is -0.901. The van der Waals surface area contributed by atoms with Crippen LogP contribution in [0.4, 0.5) is 5.00 Å². The first-order chi connectivity index (χ1) is 13.7. The molecule has 0 radical (unpaired) electrons. The van der Waals surface area contributed by atoms with E-state index in [0.717, 1.165) is 33.6 Å². The van der Waals surface area contributed by atoms with Gasteiger partial charge in [0.05, 0.1) is 6.61 Å². The normalized spacial score (nSPS) is 10.8. The molecule has 1 N–H and O–H groups in total. The number of amides is 1. The fourth-order valence-corrected chi connectivity index (χ4v) is 4.88. The number of hydrogen-bond donors (Lipinski definition) is 1. The van der Waals surface area contributed by atoms with E-state index in [1.165, 1.54) is 15.9 Å². The molecule has 8 heteroatoms. The molecule has 0 aliphatic carbocycles. The van der Waals surface area contributed by atoms with E-state index in [2.05, 4.69) is 5.32 Å². The number of rotatable bonds is 5. The lowest BCUT2D eigenvalue weighted by atomic mass is 9.97. The highest BCUT2D eigenvalue weighted by molar-refractivity contribution is 7.15. The number of esters is 1. The highest BCUT2D eigenvalue weighted by atomic mass is 32.1. The first-order valence-electron chi connectivity index (χ1n) is 9.08. The summed E-state index contributed by atoms with van der Waals surface area (Å²) < 4.78 is 6.68. The monoisotopic (exact) mass is 430 g/mol. The third-order valence-electron chi connectivity index (χ3n) is 4.67. The van der Waals surface area contributed by atoms with Crippen molar-refractivity contribution < 1.29 is 14.3 Å². The quantitative estimate of drug-likeness (QED) is 0.603. The van der Waals surface area contributed by atoms with E-state index in [4.69, 9.17) is 4.74 Å². The smallest absolute Gasteiger partial charge is 0.341 e. The Labute approximate surface area is 176 Å². The van der Waals surface area contributed by atoms with E-state index in [0.29, 0.717) is 21.1 Å². The molecular formula is C21H22N2O4S2. The van der Waals surface area contributed by atoms with E-state index in [-0.39, 0.29) is 11.5 Å². The van der Waals surface area contributed by atoms with Crippen molar-refractivity contribution in [1.82, 2.24) is 4.57 Å². The molecule has 0 saturated carbocycles. The van der Waals surface area contributed by atoms with E-state index in [1.807, 2.05) is 37.4 Å². The van der Waals surface area contributed by atoms with Crippen LogP contribution in [-0.2, 0) is 11.8 Å². The fourth-order valence-electron chi connectivity index (χ4n) is 3.06. The zero-order valence-corrected chi connectivity index (χ0v) is 18.5. The third-order valence-corrected chi connectivity index (χ3v) is 6.70. The lowest BCUT2D eigenvalue weighted by Gasteiger charge is -2.10. The first kappa shape index (κ1) is 21.0. The summed E-state index contributed by atoms with van der Waals surface area (Å²) >= 11 is 2.15. The molecule has 0 fully saturated rings. The number of carbonyl (C=O) groups is 2. The zero-order chi connectivity index (χ0) is 21.3. The van der Waals surface area contributed by atoms with E-state index < -0.39 is 11.9 Å². The van der Waals surface area contributed by atoms with Gasteiger partial charge < -0.3 is 14.6 Å². The Balaban J connectivity index is 2.06. The van der Waals surface area contributed by atoms with Crippen LogP contribution in [0.1, 0.15) is 43.8 Å². The van der Waals surface area contributed by atoms with Gasteiger partial charge in [0.15, 0.2) is 0 Å². The van der Waals surface area contributed by atoms with Crippen molar-refractivity contribution in [3.05, 3.63) is 60.5 Å². The number of benzene rings is 1. The number of thiazole rings is 1. The van der Waals surface area contributed by atoms with Gasteiger partial charge in [0, 0.05) is 23.7 Å². The molecule has 0 saturated heterocycles. The van der Waals surface area contributed by atoms with Crippen LogP contribution in [0.15, 0.2) is 28.4 Å². The van der Waals surface area contributed by atoms with Crippen molar-refractivity contribution in [3.8, 4) is 11.1 Å². The van der Waals surface area contributed by atoms with E-state index in [1.54, 1.807) is 20.9 Å². The summed E-state index contributed by atoms with van der Waals surface area (Å²) in [4.78, 5) is 37.5. The van der Waals surface area contributed by atoms with Crippen LogP contribution in [0.25, 0.3) is 11.1 Å². The van der Waals surface area contributed by atoms with Crippen molar-refractivity contribution in [3.63, 3.8) is 0 Å². The third kappa shape index (κ3) is 4.04. The van der Waals surface area contributed by atoms with Crippen LogP contribution >= 0.6 is 22.7 Å². The molecule has 2 aromatic heterocycles. The molecule has 1 aromatic carbocycles. The molecule has 1 amide bonds. The van der Waals surface area contributed by atoms with Gasteiger partial charge in [-0.2, -0.15) is 0 Å². The van der Waals surface area contributed by atoms with Gasteiger partial charge >= 0.3 is 10.8 Å². The number of aromatic nitrogens is 1. The maximum Gasteiger partial charge on any atom is 0.341 e. The Morgan fingerprint density at radius 3 is 2.48 bits per heavy atom.